The highest BCUT2D eigenvalue weighted by Gasteiger charge is 2.12. The Kier molecular flexibility index (Phi) is 5.95. The van der Waals surface area contributed by atoms with Crippen LogP contribution in [0.25, 0.3) is 0 Å². The Morgan fingerprint density at radius 1 is 1.29 bits per heavy atom. The topological polar surface area (TPSA) is 46.2 Å². The second-order valence-corrected chi connectivity index (χ2v) is 6.33. The minimum Gasteiger partial charge on any atom is -0.215 e. The van der Waals surface area contributed by atoms with Gasteiger partial charge in [0, 0.05) is 12.4 Å². The molecule has 3 nitrogen and oxygen atoms in total. The number of alkyl halides is 1. The molecular formula is C12H18ClNO2S. The summed E-state index contributed by atoms with van der Waals surface area (Å²) >= 11 is 5.47. The van der Waals surface area contributed by atoms with Gasteiger partial charge in [0.15, 0.2) is 0 Å². The molecule has 0 saturated carbocycles. The number of benzene rings is 1. The van der Waals surface area contributed by atoms with Crippen LogP contribution in [-0.4, -0.2) is 26.6 Å². The van der Waals surface area contributed by atoms with Crippen molar-refractivity contribution in [2.24, 2.45) is 0 Å². The first-order chi connectivity index (χ1) is 8.05. The number of nitrogens with one attached hydrogen (secondary N) is 1. The van der Waals surface area contributed by atoms with Crippen molar-refractivity contribution in [3.63, 3.8) is 0 Å². The second-order valence-electron chi connectivity index (χ2n) is 4.02. The fraction of sp³-hybridized carbons (Fsp3) is 0.500. The molecule has 0 aliphatic carbocycles. The van der Waals surface area contributed by atoms with Gasteiger partial charge in [0.1, 0.15) is 0 Å². The third-order valence-electron chi connectivity index (χ3n) is 2.52. The van der Waals surface area contributed by atoms with E-state index in [0.717, 1.165) is 5.56 Å². The molecule has 1 aromatic carbocycles. The van der Waals surface area contributed by atoms with Crippen LogP contribution >= 0.6 is 11.6 Å². The molecule has 1 atom stereocenters. The van der Waals surface area contributed by atoms with E-state index in [1.807, 2.05) is 37.3 Å². The van der Waals surface area contributed by atoms with Gasteiger partial charge >= 0.3 is 0 Å². The second kappa shape index (κ2) is 6.99. The molecule has 96 valence electrons. The molecule has 17 heavy (non-hydrogen) atoms. The molecule has 0 fully saturated rings. The molecule has 0 bridgehead atoms. The Bertz CT molecular complexity index is 419. The zero-order valence-corrected chi connectivity index (χ0v) is 11.5. The fourth-order valence-electron chi connectivity index (χ4n) is 1.47. The predicted molar refractivity (Wildman–Crippen MR) is 72.0 cm³/mol. The number of rotatable bonds is 7. The Labute approximate surface area is 108 Å². The predicted octanol–water partition coefficient (Wildman–Crippen LogP) is 2.34. The number of halogens is 1. The van der Waals surface area contributed by atoms with Gasteiger partial charge in [-0.2, -0.15) is 0 Å². The van der Waals surface area contributed by atoms with Crippen LogP contribution in [0.15, 0.2) is 30.3 Å². The lowest BCUT2D eigenvalue weighted by Gasteiger charge is -2.13. The summed E-state index contributed by atoms with van der Waals surface area (Å²) in [5, 5.41) is 0. The normalized spacial score (nSPS) is 13.5. The van der Waals surface area contributed by atoms with E-state index in [1.54, 1.807) is 0 Å². The van der Waals surface area contributed by atoms with Crippen molar-refractivity contribution in [2.75, 3.05) is 18.2 Å². The molecule has 0 aliphatic heterocycles. The van der Waals surface area contributed by atoms with Gasteiger partial charge in [-0.3, -0.25) is 0 Å². The van der Waals surface area contributed by atoms with E-state index in [4.69, 9.17) is 11.6 Å². The van der Waals surface area contributed by atoms with Crippen molar-refractivity contribution < 1.29 is 8.42 Å². The third kappa shape index (κ3) is 5.52. The van der Waals surface area contributed by atoms with Gasteiger partial charge in [0.25, 0.3) is 0 Å². The molecule has 1 unspecified atom stereocenters. The SMILES string of the molecule is CC(CNS(=O)(=O)CCCCl)c1ccccc1. The molecule has 0 saturated heterocycles. The third-order valence-corrected chi connectivity index (χ3v) is 4.22. The van der Waals surface area contributed by atoms with Gasteiger partial charge in [0.05, 0.1) is 5.75 Å². The van der Waals surface area contributed by atoms with Crippen molar-refractivity contribution >= 4 is 21.6 Å². The molecule has 5 heteroatoms. The van der Waals surface area contributed by atoms with Gasteiger partial charge in [0.2, 0.25) is 10.0 Å². The largest absolute Gasteiger partial charge is 0.215 e. The summed E-state index contributed by atoms with van der Waals surface area (Å²) in [6.07, 6.45) is 0.483. The van der Waals surface area contributed by atoms with Crippen molar-refractivity contribution in [3.05, 3.63) is 35.9 Å². The first-order valence-corrected chi connectivity index (χ1v) is 7.82. The molecule has 0 radical (unpaired) electrons. The van der Waals surface area contributed by atoms with E-state index in [1.165, 1.54) is 0 Å². The molecule has 0 aromatic heterocycles. The van der Waals surface area contributed by atoms with Crippen molar-refractivity contribution in [1.82, 2.24) is 4.72 Å². The first-order valence-electron chi connectivity index (χ1n) is 5.63. The van der Waals surface area contributed by atoms with Crippen LogP contribution in [-0.2, 0) is 10.0 Å². The smallest absolute Gasteiger partial charge is 0.211 e. The zero-order chi connectivity index (χ0) is 12.7. The molecule has 0 heterocycles. The average Bonchev–Trinajstić information content (AvgIpc) is 2.35. The molecular weight excluding hydrogens is 258 g/mol. The van der Waals surface area contributed by atoms with Crippen LogP contribution in [0.4, 0.5) is 0 Å². The van der Waals surface area contributed by atoms with Crippen LogP contribution < -0.4 is 4.72 Å². The highest BCUT2D eigenvalue weighted by molar-refractivity contribution is 7.89. The Balaban J connectivity index is 2.46. The van der Waals surface area contributed by atoms with E-state index in [-0.39, 0.29) is 11.7 Å². The van der Waals surface area contributed by atoms with E-state index in [2.05, 4.69) is 4.72 Å². The van der Waals surface area contributed by atoms with Crippen LogP contribution in [0, 0.1) is 0 Å². The quantitative estimate of drug-likeness (QED) is 0.777. The van der Waals surface area contributed by atoms with Crippen molar-refractivity contribution in [3.8, 4) is 0 Å². The highest BCUT2D eigenvalue weighted by atomic mass is 35.5. The molecule has 0 spiro atoms. The fourth-order valence-corrected chi connectivity index (χ4v) is 2.93. The Morgan fingerprint density at radius 3 is 2.53 bits per heavy atom. The molecule has 0 amide bonds. The first kappa shape index (κ1) is 14.5. The maximum Gasteiger partial charge on any atom is 0.211 e. The summed E-state index contributed by atoms with van der Waals surface area (Å²) in [5.74, 6) is 0.634. The molecule has 1 N–H and O–H groups in total. The van der Waals surface area contributed by atoms with E-state index < -0.39 is 10.0 Å². The molecule has 1 aromatic rings. The van der Waals surface area contributed by atoms with Gasteiger partial charge < -0.3 is 0 Å². The summed E-state index contributed by atoms with van der Waals surface area (Å²) in [6, 6.07) is 9.85. The van der Waals surface area contributed by atoms with Gasteiger partial charge in [-0.1, -0.05) is 37.3 Å². The number of hydrogen-bond acceptors (Lipinski definition) is 2. The van der Waals surface area contributed by atoms with E-state index in [9.17, 15) is 8.42 Å². The lowest BCUT2D eigenvalue weighted by molar-refractivity contribution is 0.573. The van der Waals surface area contributed by atoms with Crippen LogP contribution in [0.5, 0.6) is 0 Å². The standard InChI is InChI=1S/C12H18ClNO2S/c1-11(12-6-3-2-4-7-12)10-14-17(15,16)9-5-8-13/h2-4,6-7,11,14H,5,8-10H2,1H3. The Hall–Kier alpha value is -0.580. The minimum atomic E-state index is -3.18. The van der Waals surface area contributed by atoms with Crippen LogP contribution in [0.1, 0.15) is 24.8 Å². The summed E-state index contributed by atoms with van der Waals surface area (Å²) in [6.45, 7) is 2.42. The van der Waals surface area contributed by atoms with Crippen LogP contribution in [0.2, 0.25) is 0 Å². The van der Waals surface area contributed by atoms with E-state index >= 15 is 0 Å². The van der Waals surface area contributed by atoms with Gasteiger partial charge in [-0.15, -0.1) is 11.6 Å². The molecule has 1 rings (SSSR count). The van der Waals surface area contributed by atoms with Crippen molar-refractivity contribution in [2.45, 2.75) is 19.3 Å². The van der Waals surface area contributed by atoms with Gasteiger partial charge in [-0.25, -0.2) is 13.1 Å². The maximum absolute atomic E-state index is 11.6. The number of hydrogen-bond donors (Lipinski definition) is 1. The maximum atomic E-state index is 11.6. The van der Waals surface area contributed by atoms with E-state index in [0.29, 0.717) is 18.8 Å². The monoisotopic (exact) mass is 275 g/mol. The lowest BCUT2D eigenvalue weighted by Crippen LogP contribution is -2.30. The van der Waals surface area contributed by atoms with Crippen molar-refractivity contribution in [1.29, 1.82) is 0 Å². The minimum absolute atomic E-state index is 0.0952. The summed E-state index contributed by atoms with van der Waals surface area (Å²) in [7, 11) is -3.18. The van der Waals surface area contributed by atoms with Gasteiger partial charge in [-0.05, 0) is 17.9 Å². The summed E-state index contributed by atoms with van der Waals surface area (Å²) in [4.78, 5) is 0. The number of sulfonamides is 1. The Morgan fingerprint density at radius 2 is 1.94 bits per heavy atom. The summed E-state index contributed by atoms with van der Waals surface area (Å²) < 4.78 is 25.7. The zero-order valence-electron chi connectivity index (χ0n) is 9.90. The lowest BCUT2D eigenvalue weighted by atomic mass is 10.0. The van der Waals surface area contributed by atoms with Crippen LogP contribution in [0.3, 0.4) is 0 Å². The highest BCUT2D eigenvalue weighted by Crippen LogP contribution is 2.13. The average molecular weight is 276 g/mol. The molecule has 0 aliphatic rings. The summed E-state index contributed by atoms with van der Waals surface area (Å²) in [5.41, 5.74) is 1.13.